The monoisotopic (exact) mass is 283 g/mol. The molecule has 3 nitrogen and oxygen atoms in total. The van der Waals surface area contributed by atoms with Gasteiger partial charge in [-0.05, 0) is 37.2 Å². The number of benzene rings is 1. The predicted molar refractivity (Wildman–Crippen MR) is 86.0 cm³/mol. The molecular formula is C18H25N3. The summed E-state index contributed by atoms with van der Waals surface area (Å²) in [6.45, 7) is 2.30. The summed E-state index contributed by atoms with van der Waals surface area (Å²) >= 11 is 0. The molecule has 112 valence electrons. The molecule has 3 heteroatoms. The van der Waals surface area contributed by atoms with Gasteiger partial charge in [0.2, 0.25) is 0 Å². The third kappa shape index (κ3) is 3.03. The third-order valence-electron chi connectivity index (χ3n) is 4.96. The molecule has 1 aliphatic carbocycles. The lowest BCUT2D eigenvalue weighted by Gasteiger charge is -2.30. The zero-order chi connectivity index (χ0) is 14.7. The van der Waals surface area contributed by atoms with E-state index in [0.29, 0.717) is 6.04 Å². The van der Waals surface area contributed by atoms with Crippen LogP contribution in [0.25, 0.3) is 0 Å². The van der Waals surface area contributed by atoms with E-state index in [9.17, 15) is 0 Å². The van der Waals surface area contributed by atoms with Gasteiger partial charge < -0.3 is 10.3 Å². The van der Waals surface area contributed by atoms with Crippen molar-refractivity contribution in [2.24, 2.45) is 11.7 Å². The van der Waals surface area contributed by atoms with Gasteiger partial charge in [-0.2, -0.15) is 0 Å². The number of nitrogens with two attached hydrogens (primary N) is 1. The van der Waals surface area contributed by atoms with Crippen LogP contribution in [0.5, 0.6) is 0 Å². The van der Waals surface area contributed by atoms with Crippen LogP contribution in [0.15, 0.2) is 42.9 Å². The number of hydrogen-bond donors (Lipinski definition) is 1. The summed E-state index contributed by atoms with van der Waals surface area (Å²) in [5.41, 5.74) is 8.75. The van der Waals surface area contributed by atoms with E-state index in [1.165, 1.54) is 32.1 Å². The van der Waals surface area contributed by atoms with E-state index in [4.69, 9.17) is 5.73 Å². The number of hydrogen-bond acceptors (Lipinski definition) is 2. The van der Waals surface area contributed by atoms with E-state index in [0.717, 1.165) is 17.2 Å². The molecule has 1 fully saturated rings. The molecule has 0 spiro atoms. The molecule has 0 aliphatic heterocycles. The van der Waals surface area contributed by atoms with E-state index in [1.54, 1.807) is 0 Å². The minimum atomic E-state index is -0.0856. The maximum atomic E-state index is 6.46. The largest absolute Gasteiger partial charge is 0.330 e. The van der Waals surface area contributed by atoms with Crippen LogP contribution in [0.2, 0.25) is 0 Å². The Morgan fingerprint density at radius 2 is 1.90 bits per heavy atom. The third-order valence-corrected chi connectivity index (χ3v) is 4.96. The molecule has 1 saturated carbocycles. The Morgan fingerprint density at radius 1 is 1.19 bits per heavy atom. The minimum Gasteiger partial charge on any atom is -0.330 e. The average Bonchev–Trinajstić information content (AvgIpc) is 3.04. The van der Waals surface area contributed by atoms with Crippen molar-refractivity contribution in [1.29, 1.82) is 0 Å². The van der Waals surface area contributed by atoms with Crippen molar-refractivity contribution in [3.05, 3.63) is 54.1 Å². The van der Waals surface area contributed by atoms with E-state index in [2.05, 4.69) is 28.6 Å². The molecule has 0 amide bonds. The van der Waals surface area contributed by atoms with Gasteiger partial charge in [0.1, 0.15) is 0 Å². The fraction of sp³-hybridized carbons (Fsp3) is 0.500. The first-order chi connectivity index (χ1) is 10.3. The topological polar surface area (TPSA) is 43.8 Å². The average molecular weight is 283 g/mol. The second-order valence-electron chi connectivity index (χ2n) is 6.20. The van der Waals surface area contributed by atoms with Gasteiger partial charge in [-0.25, -0.2) is 4.98 Å². The van der Waals surface area contributed by atoms with Crippen LogP contribution >= 0.6 is 0 Å². The lowest BCUT2D eigenvalue weighted by Crippen LogP contribution is -2.22. The van der Waals surface area contributed by atoms with E-state index >= 15 is 0 Å². The van der Waals surface area contributed by atoms with E-state index < -0.39 is 0 Å². The van der Waals surface area contributed by atoms with Crippen LogP contribution in [0, 0.1) is 5.92 Å². The second-order valence-corrected chi connectivity index (χ2v) is 6.20. The molecule has 3 rings (SSSR count). The molecule has 1 heterocycles. The van der Waals surface area contributed by atoms with Crippen LogP contribution in [0.1, 0.15) is 62.4 Å². The summed E-state index contributed by atoms with van der Waals surface area (Å²) in [5.74, 6) is 0.913. The molecule has 0 bridgehead atoms. The summed E-state index contributed by atoms with van der Waals surface area (Å²) < 4.78 is 2.32. The van der Waals surface area contributed by atoms with Crippen LogP contribution in [-0.4, -0.2) is 9.55 Å². The SMILES string of the molecule is CCC1CCC(n2cncc2C(N)c2ccccc2)CC1. The first kappa shape index (κ1) is 14.3. The number of nitrogens with zero attached hydrogens (tertiary/aromatic N) is 2. The molecule has 2 aromatic rings. The normalized spacial score (nSPS) is 23.9. The lowest BCUT2D eigenvalue weighted by atomic mass is 9.84. The van der Waals surface area contributed by atoms with Crippen molar-refractivity contribution in [2.45, 2.75) is 51.1 Å². The Balaban J connectivity index is 1.78. The van der Waals surface area contributed by atoms with Crippen molar-refractivity contribution in [3.8, 4) is 0 Å². The van der Waals surface area contributed by atoms with Gasteiger partial charge in [-0.1, -0.05) is 43.7 Å². The number of aromatic nitrogens is 2. The highest BCUT2D eigenvalue weighted by Crippen LogP contribution is 2.35. The summed E-state index contributed by atoms with van der Waals surface area (Å²) in [6, 6.07) is 10.8. The van der Waals surface area contributed by atoms with Crippen LogP contribution in [0.3, 0.4) is 0 Å². The smallest absolute Gasteiger partial charge is 0.0951 e. The summed E-state index contributed by atoms with van der Waals surface area (Å²) in [5, 5.41) is 0. The highest BCUT2D eigenvalue weighted by atomic mass is 15.1. The first-order valence-electron chi connectivity index (χ1n) is 8.11. The quantitative estimate of drug-likeness (QED) is 0.919. The van der Waals surface area contributed by atoms with Crippen molar-refractivity contribution < 1.29 is 0 Å². The van der Waals surface area contributed by atoms with Crippen molar-refractivity contribution >= 4 is 0 Å². The first-order valence-corrected chi connectivity index (χ1v) is 8.11. The number of imidazole rings is 1. The van der Waals surface area contributed by atoms with Crippen molar-refractivity contribution in [2.75, 3.05) is 0 Å². The fourth-order valence-electron chi connectivity index (χ4n) is 3.52. The standard InChI is InChI=1S/C18H25N3/c1-2-14-8-10-16(11-9-14)21-13-20-12-17(21)18(19)15-6-4-3-5-7-15/h3-7,12-14,16,18H,2,8-11,19H2,1H3. The zero-order valence-corrected chi connectivity index (χ0v) is 12.8. The molecule has 1 aromatic heterocycles. The van der Waals surface area contributed by atoms with E-state index in [-0.39, 0.29) is 6.04 Å². The van der Waals surface area contributed by atoms with Crippen LogP contribution < -0.4 is 5.73 Å². The minimum absolute atomic E-state index is 0.0856. The number of rotatable bonds is 4. The second kappa shape index (κ2) is 6.44. The van der Waals surface area contributed by atoms with Crippen molar-refractivity contribution in [3.63, 3.8) is 0 Å². The molecule has 1 unspecified atom stereocenters. The van der Waals surface area contributed by atoms with Gasteiger partial charge >= 0.3 is 0 Å². The van der Waals surface area contributed by atoms with Gasteiger partial charge in [-0.15, -0.1) is 0 Å². The van der Waals surface area contributed by atoms with Gasteiger partial charge in [0, 0.05) is 6.04 Å². The van der Waals surface area contributed by atoms with Gasteiger partial charge in [0.25, 0.3) is 0 Å². The molecule has 2 N–H and O–H groups in total. The Hall–Kier alpha value is -1.61. The molecule has 1 aliphatic rings. The maximum absolute atomic E-state index is 6.46. The van der Waals surface area contributed by atoms with Gasteiger partial charge in [0.15, 0.2) is 0 Å². The van der Waals surface area contributed by atoms with Gasteiger partial charge in [-0.3, -0.25) is 0 Å². The Labute approximate surface area is 127 Å². The molecule has 1 aromatic carbocycles. The summed E-state index contributed by atoms with van der Waals surface area (Å²) in [4.78, 5) is 4.37. The highest BCUT2D eigenvalue weighted by Gasteiger charge is 2.24. The zero-order valence-electron chi connectivity index (χ0n) is 12.8. The Morgan fingerprint density at radius 3 is 2.57 bits per heavy atom. The lowest BCUT2D eigenvalue weighted by molar-refractivity contribution is 0.265. The van der Waals surface area contributed by atoms with Crippen LogP contribution in [-0.2, 0) is 0 Å². The fourth-order valence-corrected chi connectivity index (χ4v) is 3.52. The maximum Gasteiger partial charge on any atom is 0.0951 e. The van der Waals surface area contributed by atoms with Crippen molar-refractivity contribution in [1.82, 2.24) is 9.55 Å². The molecule has 0 saturated heterocycles. The molecule has 21 heavy (non-hydrogen) atoms. The highest BCUT2D eigenvalue weighted by molar-refractivity contribution is 5.26. The van der Waals surface area contributed by atoms with E-state index in [1.807, 2.05) is 30.7 Å². The molecular weight excluding hydrogens is 258 g/mol. The molecule has 0 radical (unpaired) electrons. The summed E-state index contributed by atoms with van der Waals surface area (Å²) in [7, 11) is 0. The summed E-state index contributed by atoms with van der Waals surface area (Å²) in [6.07, 6.45) is 10.4. The van der Waals surface area contributed by atoms with Gasteiger partial charge in [0.05, 0.1) is 24.3 Å². The Bertz CT molecular complexity index is 553. The Kier molecular flexibility index (Phi) is 4.39. The molecule has 1 atom stereocenters. The van der Waals surface area contributed by atoms with Crippen LogP contribution in [0.4, 0.5) is 0 Å². The predicted octanol–water partition coefficient (Wildman–Crippen LogP) is 4.07.